The van der Waals surface area contributed by atoms with E-state index in [0.29, 0.717) is 5.69 Å². The lowest BCUT2D eigenvalue weighted by Gasteiger charge is -2.22. The molecule has 2 nitrogen and oxygen atoms in total. The monoisotopic (exact) mass is 316 g/mol. The van der Waals surface area contributed by atoms with Crippen LogP contribution in [0.1, 0.15) is 48.2 Å². The van der Waals surface area contributed by atoms with E-state index < -0.39 is 11.1 Å². The van der Waals surface area contributed by atoms with Crippen LogP contribution in [0.4, 0.5) is 4.39 Å². The summed E-state index contributed by atoms with van der Waals surface area (Å²) in [5.74, 6) is 0. The quantitative estimate of drug-likeness (QED) is 0.797. The van der Waals surface area contributed by atoms with Crippen molar-refractivity contribution in [3.63, 3.8) is 0 Å². The average molecular weight is 316 g/mol. The third-order valence-corrected chi connectivity index (χ3v) is 5.06. The van der Waals surface area contributed by atoms with Gasteiger partial charge in [-0.3, -0.25) is 4.98 Å². The highest BCUT2D eigenvalue weighted by molar-refractivity contribution is 7.10. The Morgan fingerprint density at radius 3 is 2.50 bits per heavy atom. The van der Waals surface area contributed by atoms with Gasteiger partial charge in [-0.15, -0.1) is 11.3 Å². The fourth-order valence-corrected chi connectivity index (χ4v) is 3.57. The van der Waals surface area contributed by atoms with Gasteiger partial charge >= 0.3 is 0 Å². The Hall–Kier alpha value is -1.73. The first-order chi connectivity index (χ1) is 10.2. The normalized spacial score (nSPS) is 14.4. The van der Waals surface area contributed by atoms with Gasteiger partial charge in [0.15, 0.2) is 0 Å². The second kappa shape index (κ2) is 5.81. The summed E-state index contributed by atoms with van der Waals surface area (Å²) in [6.07, 6.45) is 0.284. The standard InChI is InChI=1S/C18H21FN2S/c1-12-6-7-22-16(12)18(5,19)10-14-8-13(2)21-15(9-14)17(3,4)11-20/h6-9H,10H2,1-5H3. The molecule has 0 spiro atoms. The lowest BCUT2D eigenvalue weighted by atomic mass is 9.87. The molecule has 2 heterocycles. The van der Waals surface area contributed by atoms with Crippen LogP contribution < -0.4 is 0 Å². The molecule has 0 N–H and O–H groups in total. The molecule has 1 atom stereocenters. The number of thiophene rings is 1. The first-order valence-electron chi connectivity index (χ1n) is 7.28. The Balaban J connectivity index is 2.39. The molecule has 0 saturated carbocycles. The molecule has 2 rings (SSSR count). The Morgan fingerprint density at radius 2 is 1.95 bits per heavy atom. The number of halogens is 1. The Kier molecular flexibility index (Phi) is 4.39. The predicted molar refractivity (Wildman–Crippen MR) is 88.8 cm³/mol. The minimum absolute atomic E-state index is 0.284. The van der Waals surface area contributed by atoms with Gasteiger partial charge < -0.3 is 0 Å². The first kappa shape index (κ1) is 16.6. The smallest absolute Gasteiger partial charge is 0.146 e. The largest absolute Gasteiger partial charge is 0.256 e. The van der Waals surface area contributed by atoms with Crippen LogP contribution in [0.2, 0.25) is 0 Å². The summed E-state index contributed by atoms with van der Waals surface area (Å²) in [6, 6.07) is 7.96. The van der Waals surface area contributed by atoms with Crippen LogP contribution in [-0.4, -0.2) is 4.98 Å². The van der Waals surface area contributed by atoms with Gasteiger partial charge in [-0.1, -0.05) is 0 Å². The van der Waals surface area contributed by atoms with Crippen molar-refractivity contribution in [1.82, 2.24) is 4.98 Å². The van der Waals surface area contributed by atoms with Crippen LogP contribution in [0.5, 0.6) is 0 Å². The zero-order valence-corrected chi connectivity index (χ0v) is 14.5. The van der Waals surface area contributed by atoms with Crippen molar-refractivity contribution >= 4 is 11.3 Å². The third-order valence-electron chi connectivity index (χ3n) is 3.80. The molecule has 1 unspecified atom stereocenters. The van der Waals surface area contributed by atoms with E-state index in [4.69, 9.17) is 0 Å². The van der Waals surface area contributed by atoms with Crippen molar-refractivity contribution < 1.29 is 4.39 Å². The number of nitriles is 1. The molecule has 2 aromatic rings. The van der Waals surface area contributed by atoms with E-state index in [2.05, 4.69) is 11.1 Å². The van der Waals surface area contributed by atoms with E-state index in [9.17, 15) is 5.26 Å². The number of hydrogen-bond donors (Lipinski definition) is 0. The van der Waals surface area contributed by atoms with E-state index in [-0.39, 0.29) is 6.42 Å². The maximum atomic E-state index is 15.2. The van der Waals surface area contributed by atoms with E-state index in [1.807, 2.05) is 51.3 Å². The van der Waals surface area contributed by atoms with Crippen molar-refractivity contribution in [2.45, 2.75) is 52.1 Å². The Labute approximate surface area is 135 Å². The molecule has 116 valence electrons. The second-order valence-corrected chi connectivity index (χ2v) is 7.46. The van der Waals surface area contributed by atoms with Crippen LogP contribution in [-0.2, 0) is 17.5 Å². The number of nitrogens with zero attached hydrogens (tertiary/aromatic N) is 2. The molecule has 0 aliphatic heterocycles. The van der Waals surface area contributed by atoms with Gasteiger partial charge in [0.25, 0.3) is 0 Å². The van der Waals surface area contributed by atoms with Gasteiger partial charge in [0.2, 0.25) is 0 Å². The summed E-state index contributed by atoms with van der Waals surface area (Å²) >= 11 is 1.45. The van der Waals surface area contributed by atoms with Crippen LogP contribution in [0, 0.1) is 25.2 Å². The second-order valence-electron chi connectivity index (χ2n) is 6.55. The predicted octanol–water partition coefficient (Wildman–Crippen LogP) is 4.99. The molecule has 0 aliphatic rings. The number of pyridine rings is 1. The molecule has 22 heavy (non-hydrogen) atoms. The lowest BCUT2D eigenvalue weighted by molar-refractivity contribution is 0.196. The van der Waals surface area contributed by atoms with E-state index in [1.54, 1.807) is 6.92 Å². The number of aryl methyl sites for hydroxylation is 2. The van der Waals surface area contributed by atoms with E-state index in [0.717, 1.165) is 21.7 Å². The fraction of sp³-hybridized carbons (Fsp3) is 0.444. The molecule has 0 aromatic carbocycles. The lowest BCUT2D eigenvalue weighted by Crippen LogP contribution is -2.21. The van der Waals surface area contributed by atoms with Gasteiger partial charge in [-0.05, 0) is 69.3 Å². The highest BCUT2D eigenvalue weighted by Crippen LogP contribution is 2.36. The average Bonchev–Trinajstić information content (AvgIpc) is 2.84. The number of hydrogen-bond acceptors (Lipinski definition) is 3. The summed E-state index contributed by atoms with van der Waals surface area (Å²) in [6.45, 7) is 9.10. The minimum atomic E-state index is -1.42. The maximum Gasteiger partial charge on any atom is 0.146 e. The summed E-state index contributed by atoms with van der Waals surface area (Å²) < 4.78 is 15.2. The van der Waals surface area contributed by atoms with Crippen LogP contribution in [0.15, 0.2) is 23.6 Å². The van der Waals surface area contributed by atoms with Crippen LogP contribution >= 0.6 is 11.3 Å². The van der Waals surface area contributed by atoms with E-state index in [1.165, 1.54) is 11.3 Å². The molecule has 0 fully saturated rings. The van der Waals surface area contributed by atoms with Crippen molar-refractivity contribution in [2.75, 3.05) is 0 Å². The van der Waals surface area contributed by atoms with Crippen LogP contribution in [0.3, 0.4) is 0 Å². The van der Waals surface area contributed by atoms with Crippen molar-refractivity contribution in [1.29, 1.82) is 5.26 Å². The molecule has 0 bridgehead atoms. The number of aromatic nitrogens is 1. The molecule has 0 radical (unpaired) electrons. The first-order valence-corrected chi connectivity index (χ1v) is 8.16. The Bertz CT molecular complexity index is 723. The number of alkyl halides is 1. The Morgan fingerprint density at radius 1 is 1.27 bits per heavy atom. The molecule has 0 aliphatic carbocycles. The molecule has 2 aromatic heterocycles. The molecule has 0 amide bonds. The zero-order valence-electron chi connectivity index (χ0n) is 13.7. The summed E-state index contributed by atoms with van der Waals surface area (Å²) in [7, 11) is 0. The van der Waals surface area contributed by atoms with Gasteiger partial charge in [-0.2, -0.15) is 5.26 Å². The molecular weight excluding hydrogens is 295 g/mol. The summed E-state index contributed by atoms with van der Waals surface area (Å²) in [4.78, 5) is 5.21. The molecule has 0 saturated heterocycles. The SMILES string of the molecule is Cc1cc(CC(C)(F)c2sccc2C)cc(C(C)(C)C#N)n1. The summed E-state index contributed by atoms with van der Waals surface area (Å²) in [5, 5.41) is 11.2. The summed E-state index contributed by atoms with van der Waals surface area (Å²) in [5.41, 5.74) is 1.28. The maximum absolute atomic E-state index is 15.2. The van der Waals surface area contributed by atoms with E-state index >= 15 is 4.39 Å². The van der Waals surface area contributed by atoms with Crippen molar-refractivity contribution in [3.8, 4) is 6.07 Å². The molecular formula is C18H21FN2S. The highest BCUT2D eigenvalue weighted by atomic mass is 32.1. The highest BCUT2D eigenvalue weighted by Gasteiger charge is 2.30. The van der Waals surface area contributed by atoms with Gasteiger partial charge in [0.1, 0.15) is 5.67 Å². The minimum Gasteiger partial charge on any atom is -0.256 e. The topological polar surface area (TPSA) is 36.7 Å². The van der Waals surface area contributed by atoms with Gasteiger partial charge in [-0.25, -0.2) is 4.39 Å². The third kappa shape index (κ3) is 3.36. The van der Waals surface area contributed by atoms with Crippen molar-refractivity contribution in [3.05, 3.63) is 51.0 Å². The zero-order chi connectivity index (χ0) is 16.5. The molecule has 4 heteroatoms. The van der Waals surface area contributed by atoms with Crippen molar-refractivity contribution in [2.24, 2.45) is 0 Å². The number of rotatable bonds is 4. The van der Waals surface area contributed by atoms with Gasteiger partial charge in [0.05, 0.1) is 17.2 Å². The van der Waals surface area contributed by atoms with Crippen LogP contribution in [0.25, 0.3) is 0 Å². The van der Waals surface area contributed by atoms with Gasteiger partial charge in [0, 0.05) is 17.0 Å². The fourth-order valence-electron chi connectivity index (χ4n) is 2.59.